The summed E-state index contributed by atoms with van der Waals surface area (Å²) >= 11 is 1.36. The van der Waals surface area contributed by atoms with Gasteiger partial charge in [-0.1, -0.05) is 32.6 Å². The van der Waals surface area contributed by atoms with Crippen LogP contribution >= 0.6 is 11.3 Å². The van der Waals surface area contributed by atoms with Crippen molar-refractivity contribution in [2.75, 3.05) is 0 Å². The topological polar surface area (TPSA) is 40.5 Å². The molecule has 1 aromatic heterocycles. The monoisotopic (exact) mass is 224 g/mol. The first-order valence-electron chi connectivity index (χ1n) is 4.94. The van der Waals surface area contributed by atoms with Gasteiger partial charge in [0, 0.05) is 9.31 Å². The molecule has 82 valence electrons. The molecule has 0 aliphatic heterocycles. The number of hydrogen-bond acceptors (Lipinski definition) is 3. The lowest BCUT2D eigenvalue weighted by Gasteiger charge is -1.87. The zero-order chi connectivity index (χ0) is 11.8. The van der Waals surface area contributed by atoms with Gasteiger partial charge in [0.2, 0.25) is 0 Å². The summed E-state index contributed by atoms with van der Waals surface area (Å²) < 4.78 is 1.56. The molecule has 0 spiro atoms. The molecular weight excluding hydrogens is 207 g/mol. The number of allylic oxidation sites excluding steroid dienone is 1. The lowest BCUT2D eigenvalue weighted by molar-refractivity contribution is 0.427. The Morgan fingerprint density at radius 1 is 1.40 bits per heavy atom. The summed E-state index contributed by atoms with van der Waals surface area (Å²) in [5, 5.41) is 18.9. The maximum Gasteiger partial charge on any atom is 0.499 e. The molecule has 0 saturated heterocycles. The van der Waals surface area contributed by atoms with Crippen LogP contribution in [0, 0.1) is 0 Å². The summed E-state index contributed by atoms with van der Waals surface area (Å²) in [6, 6.07) is 1.77. The molecule has 0 bridgehead atoms. The molecule has 2 nitrogen and oxygen atoms in total. The van der Waals surface area contributed by atoms with Crippen LogP contribution in [0.2, 0.25) is 0 Å². The highest BCUT2D eigenvalue weighted by Gasteiger charge is 2.12. The van der Waals surface area contributed by atoms with Gasteiger partial charge in [0.1, 0.15) is 0 Å². The van der Waals surface area contributed by atoms with E-state index in [2.05, 4.69) is 6.58 Å². The maximum atomic E-state index is 8.94. The van der Waals surface area contributed by atoms with Gasteiger partial charge in [-0.25, -0.2) is 0 Å². The van der Waals surface area contributed by atoms with Gasteiger partial charge in [0.25, 0.3) is 0 Å². The van der Waals surface area contributed by atoms with Gasteiger partial charge in [-0.05, 0) is 24.3 Å². The minimum atomic E-state index is -1.38. The molecule has 1 rings (SSSR count). The minimum Gasteiger partial charge on any atom is -0.423 e. The standard InChI is InChI=1S/C9H11BO2S.C2H6/c1-3-5-8-7(4-2)6-9(13-8)10(11)12;1-2/h3-6,11-12H,1H2,2H3;1-2H3/b7-4-,8-5+;. The maximum absolute atomic E-state index is 8.94. The van der Waals surface area contributed by atoms with Crippen LogP contribution in [-0.2, 0) is 0 Å². The van der Waals surface area contributed by atoms with Crippen LogP contribution in [0.5, 0.6) is 0 Å². The van der Waals surface area contributed by atoms with E-state index in [0.717, 1.165) is 9.75 Å². The van der Waals surface area contributed by atoms with Crippen molar-refractivity contribution in [1.29, 1.82) is 0 Å². The van der Waals surface area contributed by atoms with Crippen molar-refractivity contribution in [1.82, 2.24) is 0 Å². The molecule has 0 aliphatic carbocycles. The highest BCUT2D eigenvalue weighted by molar-refractivity contribution is 7.20. The van der Waals surface area contributed by atoms with Crippen LogP contribution in [0.25, 0.3) is 12.2 Å². The van der Waals surface area contributed by atoms with Crippen molar-refractivity contribution in [3.05, 3.63) is 28.5 Å². The van der Waals surface area contributed by atoms with Gasteiger partial charge in [-0.3, -0.25) is 0 Å². The Morgan fingerprint density at radius 3 is 2.40 bits per heavy atom. The number of hydrogen-bond donors (Lipinski definition) is 2. The Hall–Kier alpha value is -0.835. The minimum absolute atomic E-state index is 0.557. The predicted octanol–water partition coefficient (Wildman–Crippen LogP) is 0.221. The number of thiophene rings is 1. The van der Waals surface area contributed by atoms with Gasteiger partial charge in [0.05, 0.1) is 0 Å². The lowest BCUT2D eigenvalue weighted by atomic mass is 9.89. The smallest absolute Gasteiger partial charge is 0.423 e. The first-order chi connectivity index (χ1) is 7.19. The normalized spacial score (nSPS) is 12.1. The van der Waals surface area contributed by atoms with Crippen LogP contribution in [0.15, 0.2) is 18.7 Å². The molecule has 1 heterocycles. The molecule has 0 aromatic carbocycles. The third kappa shape index (κ3) is 4.04. The summed E-state index contributed by atoms with van der Waals surface area (Å²) in [5.41, 5.74) is 0. The molecule has 15 heavy (non-hydrogen) atoms. The van der Waals surface area contributed by atoms with Gasteiger partial charge < -0.3 is 10.0 Å². The highest BCUT2D eigenvalue weighted by Crippen LogP contribution is 1.83. The van der Waals surface area contributed by atoms with Crippen molar-refractivity contribution >= 4 is 35.4 Å². The van der Waals surface area contributed by atoms with Gasteiger partial charge >= 0.3 is 7.12 Å². The molecule has 0 radical (unpaired) electrons. The van der Waals surface area contributed by atoms with E-state index in [4.69, 9.17) is 10.0 Å². The highest BCUT2D eigenvalue weighted by atomic mass is 32.1. The average molecular weight is 224 g/mol. The van der Waals surface area contributed by atoms with Crippen molar-refractivity contribution < 1.29 is 10.0 Å². The Labute approximate surface area is 95.0 Å². The van der Waals surface area contributed by atoms with E-state index in [-0.39, 0.29) is 0 Å². The Bertz CT molecular complexity index is 407. The fourth-order valence-electron chi connectivity index (χ4n) is 1.03. The van der Waals surface area contributed by atoms with E-state index in [1.54, 1.807) is 12.1 Å². The van der Waals surface area contributed by atoms with E-state index in [0.29, 0.717) is 4.78 Å². The zero-order valence-electron chi connectivity index (χ0n) is 9.40. The van der Waals surface area contributed by atoms with Crippen molar-refractivity contribution in [2.45, 2.75) is 20.8 Å². The van der Waals surface area contributed by atoms with E-state index < -0.39 is 7.12 Å². The molecule has 0 fully saturated rings. The number of rotatable bonds is 2. The molecular formula is C11H17BO2S. The SMILES string of the molecule is C=C/C=c1/sc(B(O)O)c/c1=C/C.CC. The van der Waals surface area contributed by atoms with Crippen LogP contribution in [0.3, 0.4) is 0 Å². The van der Waals surface area contributed by atoms with Crippen LogP contribution in [-0.4, -0.2) is 17.2 Å². The molecule has 1 aromatic rings. The average Bonchev–Trinajstić information content (AvgIpc) is 2.65. The summed E-state index contributed by atoms with van der Waals surface area (Å²) in [5.74, 6) is 0. The van der Waals surface area contributed by atoms with Gasteiger partial charge in [-0.2, -0.15) is 0 Å². The van der Waals surface area contributed by atoms with Crippen LogP contribution < -0.4 is 14.5 Å². The first-order valence-corrected chi connectivity index (χ1v) is 5.75. The fraction of sp³-hybridized carbons (Fsp3) is 0.273. The fourth-order valence-corrected chi connectivity index (χ4v) is 2.03. The molecule has 0 unspecified atom stereocenters. The first kappa shape index (κ1) is 14.2. The van der Waals surface area contributed by atoms with E-state index >= 15 is 0 Å². The Morgan fingerprint density at radius 2 is 2.00 bits per heavy atom. The molecule has 0 amide bonds. The second kappa shape index (κ2) is 7.46. The van der Waals surface area contributed by atoms with Crippen LogP contribution in [0.1, 0.15) is 20.8 Å². The second-order valence-corrected chi connectivity index (χ2v) is 3.65. The summed E-state index contributed by atoms with van der Waals surface area (Å²) in [6.07, 6.45) is 5.47. The lowest BCUT2D eigenvalue weighted by Crippen LogP contribution is -2.27. The second-order valence-electron chi connectivity index (χ2n) is 2.53. The van der Waals surface area contributed by atoms with E-state index in [9.17, 15) is 0 Å². The van der Waals surface area contributed by atoms with Crippen molar-refractivity contribution in [3.8, 4) is 0 Å². The quantitative estimate of drug-likeness (QED) is 0.705. The summed E-state index contributed by atoms with van der Waals surface area (Å²) in [7, 11) is -1.38. The summed E-state index contributed by atoms with van der Waals surface area (Å²) in [6.45, 7) is 9.51. The largest absolute Gasteiger partial charge is 0.499 e. The molecule has 0 atom stereocenters. The van der Waals surface area contributed by atoms with Crippen LogP contribution in [0.4, 0.5) is 0 Å². The van der Waals surface area contributed by atoms with E-state index in [1.807, 2.05) is 32.9 Å². The zero-order valence-corrected chi connectivity index (χ0v) is 10.2. The third-order valence-corrected chi connectivity index (χ3v) is 2.80. The Balaban J connectivity index is 0.000000921. The predicted molar refractivity (Wildman–Crippen MR) is 69.5 cm³/mol. The molecule has 2 N–H and O–H groups in total. The third-order valence-electron chi connectivity index (χ3n) is 1.64. The Kier molecular flexibility index (Phi) is 7.04. The van der Waals surface area contributed by atoms with Crippen molar-refractivity contribution in [2.24, 2.45) is 0 Å². The van der Waals surface area contributed by atoms with Crippen molar-refractivity contribution in [3.63, 3.8) is 0 Å². The molecule has 0 saturated carbocycles. The molecule has 4 heteroatoms. The summed E-state index contributed by atoms with van der Waals surface area (Å²) in [4.78, 5) is 0. The van der Waals surface area contributed by atoms with Gasteiger partial charge in [-0.15, -0.1) is 11.3 Å². The van der Waals surface area contributed by atoms with Gasteiger partial charge in [0.15, 0.2) is 0 Å². The molecule has 0 aliphatic rings. The van der Waals surface area contributed by atoms with E-state index in [1.165, 1.54) is 11.3 Å².